The van der Waals surface area contributed by atoms with Crippen LogP contribution in [0.15, 0.2) is 42.5 Å². The molecule has 4 rings (SSSR count). The molecule has 1 fully saturated rings. The highest BCUT2D eigenvalue weighted by atomic mass is 35.5. The van der Waals surface area contributed by atoms with Gasteiger partial charge in [0.2, 0.25) is 5.91 Å². The van der Waals surface area contributed by atoms with E-state index in [2.05, 4.69) is 10.6 Å². The molecule has 7 nitrogen and oxygen atoms in total. The molecule has 2 aromatic carbocycles. The maximum Gasteiger partial charge on any atom is 0.236 e. The summed E-state index contributed by atoms with van der Waals surface area (Å²) in [6.07, 6.45) is 0.730. The zero-order chi connectivity index (χ0) is 23.6. The number of nitrogens with zero attached hydrogens (tertiary/aromatic N) is 1. The fraction of sp³-hybridized carbons (Fsp3) is 0.417. The van der Waals surface area contributed by atoms with Gasteiger partial charge < -0.3 is 29.7 Å². The Morgan fingerprint density at radius 1 is 1.30 bits per heavy atom. The molecule has 2 aliphatic rings. The summed E-state index contributed by atoms with van der Waals surface area (Å²) in [6, 6.07) is 12.4. The van der Waals surface area contributed by atoms with Crippen molar-refractivity contribution in [2.24, 2.45) is 5.92 Å². The predicted octanol–water partition coefficient (Wildman–Crippen LogP) is 4.37. The van der Waals surface area contributed by atoms with Crippen LogP contribution in [-0.4, -0.2) is 48.5 Å². The molecule has 1 saturated heterocycles. The highest BCUT2D eigenvalue weighted by Crippen LogP contribution is 2.51. The molecule has 3 atom stereocenters. The number of thiocarbonyl (C=S) groups is 1. The van der Waals surface area contributed by atoms with Gasteiger partial charge >= 0.3 is 0 Å². The molecule has 9 heteroatoms. The molecule has 2 bridgehead atoms. The van der Waals surface area contributed by atoms with E-state index in [1.165, 1.54) is 0 Å². The van der Waals surface area contributed by atoms with Crippen LogP contribution >= 0.6 is 23.8 Å². The van der Waals surface area contributed by atoms with Crippen LogP contribution in [0.3, 0.4) is 0 Å². The first-order chi connectivity index (χ1) is 15.9. The van der Waals surface area contributed by atoms with Crippen molar-refractivity contribution >= 4 is 40.5 Å². The van der Waals surface area contributed by atoms with Gasteiger partial charge in [0.15, 0.2) is 22.3 Å². The van der Waals surface area contributed by atoms with Gasteiger partial charge in [-0.15, -0.1) is 0 Å². The molecule has 0 aromatic heterocycles. The number of hydrogen-bond donors (Lipinski definition) is 2. The average Bonchev–Trinajstić information content (AvgIpc) is 2.78. The first-order valence-corrected chi connectivity index (χ1v) is 11.8. The van der Waals surface area contributed by atoms with Crippen molar-refractivity contribution in [1.82, 2.24) is 10.2 Å². The van der Waals surface area contributed by atoms with Gasteiger partial charge in [-0.05, 0) is 62.8 Å². The van der Waals surface area contributed by atoms with Gasteiger partial charge in [-0.1, -0.05) is 23.7 Å². The van der Waals surface area contributed by atoms with E-state index < -0.39 is 11.6 Å². The Morgan fingerprint density at radius 2 is 2.06 bits per heavy atom. The van der Waals surface area contributed by atoms with Crippen LogP contribution in [0, 0.1) is 5.92 Å². The lowest BCUT2D eigenvalue weighted by molar-refractivity contribution is -0.150. The number of ether oxygens (including phenoxy) is 3. The third kappa shape index (κ3) is 4.47. The summed E-state index contributed by atoms with van der Waals surface area (Å²) < 4.78 is 17.7. The van der Waals surface area contributed by atoms with Gasteiger partial charge in [-0.25, -0.2) is 0 Å². The number of methoxy groups -OCH3 is 1. The van der Waals surface area contributed by atoms with Crippen LogP contribution < -0.4 is 20.1 Å². The highest BCUT2D eigenvalue weighted by Gasteiger charge is 2.59. The Morgan fingerprint density at radius 3 is 2.76 bits per heavy atom. The molecule has 0 aliphatic carbocycles. The maximum absolute atomic E-state index is 13.7. The summed E-state index contributed by atoms with van der Waals surface area (Å²) in [7, 11) is 1.66. The summed E-state index contributed by atoms with van der Waals surface area (Å²) in [5.41, 5.74) is 0.472. The Balaban J connectivity index is 1.75. The lowest BCUT2D eigenvalue weighted by Gasteiger charge is -2.56. The Kier molecular flexibility index (Phi) is 6.97. The predicted molar refractivity (Wildman–Crippen MR) is 132 cm³/mol. The number of carbonyl (C=O) groups excluding carboxylic acids is 1. The Hall–Kier alpha value is -2.55. The molecule has 2 N–H and O–H groups in total. The monoisotopic (exact) mass is 489 g/mol. The summed E-state index contributed by atoms with van der Waals surface area (Å²) in [5, 5.41) is 7.57. The second kappa shape index (κ2) is 9.75. The third-order valence-corrected chi connectivity index (χ3v) is 6.64. The smallest absolute Gasteiger partial charge is 0.236 e. The normalized spacial score (nSPS) is 23.3. The summed E-state index contributed by atoms with van der Waals surface area (Å²) in [4.78, 5) is 15.6. The van der Waals surface area contributed by atoms with Gasteiger partial charge in [0.05, 0.1) is 12.6 Å². The first-order valence-electron chi connectivity index (χ1n) is 11.0. The fourth-order valence-corrected chi connectivity index (χ4v) is 5.08. The molecule has 33 heavy (non-hydrogen) atoms. The summed E-state index contributed by atoms with van der Waals surface area (Å²) in [6.45, 7) is 5.49. The molecule has 1 amide bonds. The molecular weight excluding hydrogens is 462 g/mol. The van der Waals surface area contributed by atoms with E-state index in [1.54, 1.807) is 31.4 Å². The minimum absolute atomic E-state index is 0.177. The minimum atomic E-state index is -1.03. The number of rotatable bonds is 8. The summed E-state index contributed by atoms with van der Waals surface area (Å²) in [5.74, 6) is 0.513. The lowest BCUT2D eigenvalue weighted by Crippen LogP contribution is -2.71. The van der Waals surface area contributed by atoms with Gasteiger partial charge in [-0.3, -0.25) is 4.79 Å². The van der Waals surface area contributed by atoms with Crippen LogP contribution in [0.2, 0.25) is 5.02 Å². The van der Waals surface area contributed by atoms with Crippen LogP contribution in [0.5, 0.6) is 11.5 Å². The molecule has 0 radical (unpaired) electrons. The van der Waals surface area contributed by atoms with Crippen LogP contribution in [-0.2, 0) is 9.53 Å². The zero-order valence-corrected chi connectivity index (χ0v) is 20.5. The highest BCUT2D eigenvalue weighted by molar-refractivity contribution is 7.80. The molecule has 0 spiro atoms. The average molecular weight is 490 g/mol. The number of nitrogens with one attached hydrogen (secondary N) is 2. The van der Waals surface area contributed by atoms with Crippen molar-refractivity contribution in [2.75, 3.05) is 32.2 Å². The van der Waals surface area contributed by atoms with Crippen LogP contribution in [0.4, 0.5) is 5.69 Å². The van der Waals surface area contributed by atoms with E-state index >= 15 is 0 Å². The van der Waals surface area contributed by atoms with E-state index in [4.69, 9.17) is 38.0 Å². The second-order valence-corrected chi connectivity index (χ2v) is 8.99. The Bertz CT molecular complexity index is 1030. The topological polar surface area (TPSA) is 72.1 Å². The van der Waals surface area contributed by atoms with Crippen molar-refractivity contribution in [3.05, 3.63) is 53.1 Å². The molecular formula is C24H28ClN3O4S. The minimum Gasteiger partial charge on any atom is -0.490 e. The van der Waals surface area contributed by atoms with Gasteiger partial charge in [0, 0.05) is 36.5 Å². The molecule has 0 unspecified atom stereocenters. The van der Waals surface area contributed by atoms with E-state index in [-0.39, 0.29) is 11.9 Å². The van der Waals surface area contributed by atoms with E-state index in [9.17, 15) is 4.79 Å². The van der Waals surface area contributed by atoms with Crippen LogP contribution in [0.1, 0.15) is 31.9 Å². The second-order valence-electron chi connectivity index (χ2n) is 8.16. The van der Waals surface area contributed by atoms with E-state index in [0.29, 0.717) is 47.1 Å². The van der Waals surface area contributed by atoms with Crippen molar-refractivity contribution < 1.29 is 19.0 Å². The van der Waals surface area contributed by atoms with Crippen molar-refractivity contribution in [2.45, 2.75) is 32.0 Å². The largest absolute Gasteiger partial charge is 0.490 e. The Labute approximate surface area is 204 Å². The number of anilines is 1. The SMILES string of the molecule is CCOc1cccc2c1O[C@]1(C)[C@H](C(=O)Nc3ccc(Cl)cc3)[C@@H]2NC(=S)N1CCCOC. The number of benzene rings is 2. The molecule has 176 valence electrons. The van der Waals surface area contributed by atoms with Crippen molar-refractivity contribution in [3.8, 4) is 11.5 Å². The third-order valence-electron chi connectivity index (χ3n) is 6.05. The maximum atomic E-state index is 13.7. The van der Waals surface area contributed by atoms with Gasteiger partial charge in [-0.2, -0.15) is 0 Å². The molecule has 0 saturated carbocycles. The quantitative estimate of drug-likeness (QED) is 0.421. The number of carbonyl (C=O) groups is 1. The van der Waals surface area contributed by atoms with Crippen molar-refractivity contribution in [1.29, 1.82) is 0 Å². The number of para-hydroxylation sites is 1. The standard InChI is InChI=1S/C24H28ClN3O4S/c1-4-31-18-8-5-7-17-20-19(22(29)26-16-11-9-15(25)10-12-16)24(2,32-21(17)18)28(23(33)27-20)13-6-14-30-3/h5,7-12,19-20H,4,6,13-14H2,1-3H3,(H,26,29)(H,27,33)/t19-,20+,24+/m0/s1. The van der Waals surface area contributed by atoms with E-state index in [0.717, 1.165) is 12.0 Å². The number of amides is 1. The number of fused-ring (bicyclic) bond motifs is 4. The van der Waals surface area contributed by atoms with Crippen molar-refractivity contribution in [3.63, 3.8) is 0 Å². The van der Waals surface area contributed by atoms with E-state index in [1.807, 2.05) is 36.9 Å². The van der Waals surface area contributed by atoms with Crippen LogP contribution in [0.25, 0.3) is 0 Å². The number of hydrogen-bond acceptors (Lipinski definition) is 5. The van der Waals surface area contributed by atoms with Gasteiger partial charge in [0.1, 0.15) is 5.92 Å². The first kappa shape index (κ1) is 23.6. The molecule has 2 aromatic rings. The van der Waals surface area contributed by atoms with Gasteiger partial charge in [0.25, 0.3) is 0 Å². The molecule has 2 heterocycles. The molecule has 2 aliphatic heterocycles. The number of halogens is 1. The fourth-order valence-electron chi connectivity index (χ4n) is 4.55. The summed E-state index contributed by atoms with van der Waals surface area (Å²) >= 11 is 11.7. The zero-order valence-electron chi connectivity index (χ0n) is 18.9. The lowest BCUT2D eigenvalue weighted by atomic mass is 9.78.